The summed E-state index contributed by atoms with van der Waals surface area (Å²) in [7, 11) is 0. The van der Waals surface area contributed by atoms with Gasteiger partial charge in [-0.15, -0.1) is 0 Å². The Bertz CT molecular complexity index is 332. The highest BCUT2D eigenvalue weighted by molar-refractivity contribution is 5.77. The molecule has 0 saturated carbocycles. The second kappa shape index (κ2) is 3.01. The van der Waals surface area contributed by atoms with Crippen LogP contribution in [0.4, 0.5) is 8.78 Å². The highest BCUT2D eigenvalue weighted by atomic mass is 19.2. The summed E-state index contributed by atoms with van der Waals surface area (Å²) in [6.45, 7) is 3.03. The third kappa shape index (κ3) is 1.22. The molecule has 0 radical (unpaired) electrons. The number of hydrogen-bond acceptors (Lipinski definition) is 1. The van der Waals surface area contributed by atoms with Gasteiger partial charge in [-0.25, -0.2) is 8.78 Å². The van der Waals surface area contributed by atoms with E-state index in [4.69, 9.17) is 0 Å². The van der Waals surface area contributed by atoms with Crippen molar-refractivity contribution in [3.63, 3.8) is 0 Å². The molecule has 3 heteroatoms. The highest BCUT2D eigenvalue weighted by Crippen LogP contribution is 2.17. The lowest BCUT2D eigenvalue weighted by molar-refractivity contribution is 0.111. The standard InChI is InChI=1S/C9H8F2O/c1-5-3-6(2)8(10)9(11)7(5)4-12/h3-4H,1-2H3. The number of benzene rings is 1. The summed E-state index contributed by atoms with van der Waals surface area (Å²) in [5, 5.41) is 0. The van der Waals surface area contributed by atoms with Gasteiger partial charge in [-0.05, 0) is 25.0 Å². The van der Waals surface area contributed by atoms with Crippen molar-refractivity contribution in [2.75, 3.05) is 0 Å². The number of rotatable bonds is 1. The number of halogens is 2. The van der Waals surface area contributed by atoms with E-state index in [1.807, 2.05) is 0 Å². The summed E-state index contributed by atoms with van der Waals surface area (Å²) in [6.07, 6.45) is 0.327. The van der Waals surface area contributed by atoms with Crippen molar-refractivity contribution < 1.29 is 13.6 Å². The summed E-state index contributed by atoms with van der Waals surface area (Å²) in [5.74, 6) is -2.00. The van der Waals surface area contributed by atoms with Crippen LogP contribution in [0, 0.1) is 25.5 Å². The highest BCUT2D eigenvalue weighted by Gasteiger charge is 2.12. The van der Waals surface area contributed by atoms with Crippen molar-refractivity contribution in [2.45, 2.75) is 13.8 Å². The predicted octanol–water partition coefficient (Wildman–Crippen LogP) is 2.39. The number of aldehydes is 1. The third-order valence-corrected chi connectivity index (χ3v) is 1.75. The molecule has 1 rings (SSSR count). The molecule has 1 aromatic carbocycles. The van der Waals surface area contributed by atoms with Gasteiger partial charge in [-0.1, -0.05) is 6.07 Å². The molecule has 0 aromatic heterocycles. The summed E-state index contributed by atoms with van der Waals surface area (Å²) < 4.78 is 25.7. The first-order valence-corrected chi connectivity index (χ1v) is 3.48. The van der Waals surface area contributed by atoms with Gasteiger partial charge in [-0.2, -0.15) is 0 Å². The lowest BCUT2D eigenvalue weighted by atomic mass is 10.1. The second-order valence-electron chi connectivity index (χ2n) is 2.67. The van der Waals surface area contributed by atoms with Crippen molar-refractivity contribution in [1.29, 1.82) is 0 Å². The Morgan fingerprint density at radius 2 is 1.75 bits per heavy atom. The van der Waals surface area contributed by atoms with E-state index in [0.717, 1.165) is 0 Å². The largest absolute Gasteiger partial charge is 0.298 e. The van der Waals surface area contributed by atoms with Crippen LogP contribution in [0.15, 0.2) is 6.07 Å². The van der Waals surface area contributed by atoms with Crippen LogP contribution in [-0.2, 0) is 0 Å². The molecule has 1 aromatic rings. The predicted molar refractivity (Wildman–Crippen MR) is 41.2 cm³/mol. The van der Waals surface area contributed by atoms with Gasteiger partial charge in [0.25, 0.3) is 0 Å². The van der Waals surface area contributed by atoms with Crippen LogP contribution in [-0.4, -0.2) is 6.29 Å². The van der Waals surface area contributed by atoms with E-state index in [-0.39, 0.29) is 11.1 Å². The number of aryl methyl sites for hydroxylation is 2. The molecule has 0 amide bonds. The molecular weight excluding hydrogens is 162 g/mol. The topological polar surface area (TPSA) is 17.1 Å². The van der Waals surface area contributed by atoms with Gasteiger partial charge in [0.2, 0.25) is 0 Å². The molecule has 1 nitrogen and oxygen atoms in total. The Labute approximate surface area is 69.0 Å². The number of carbonyl (C=O) groups is 1. The van der Waals surface area contributed by atoms with Gasteiger partial charge in [0, 0.05) is 0 Å². The van der Waals surface area contributed by atoms with Crippen molar-refractivity contribution in [1.82, 2.24) is 0 Å². The normalized spacial score (nSPS) is 10.0. The Morgan fingerprint density at radius 3 is 2.25 bits per heavy atom. The maximum absolute atomic E-state index is 12.9. The summed E-state index contributed by atoms with van der Waals surface area (Å²) >= 11 is 0. The number of hydrogen-bond donors (Lipinski definition) is 0. The van der Waals surface area contributed by atoms with Gasteiger partial charge >= 0.3 is 0 Å². The summed E-state index contributed by atoms with van der Waals surface area (Å²) in [4.78, 5) is 10.3. The lowest BCUT2D eigenvalue weighted by Gasteiger charge is -2.03. The fourth-order valence-electron chi connectivity index (χ4n) is 1.08. The van der Waals surface area contributed by atoms with Crippen LogP contribution >= 0.6 is 0 Å². The van der Waals surface area contributed by atoms with Gasteiger partial charge in [0.05, 0.1) is 5.56 Å². The first-order chi connectivity index (χ1) is 5.57. The zero-order chi connectivity index (χ0) is 9.30. The molecule has 0 heterocycles. The minimum absolute atomic E-state index is 0.196. The van der Waals surface area contributed by atoms with Crippen molar-refractivity contribution in [2.24, 2.45) is 0 Å². The average molecular weight is 170 g/mol. The molecule has 64 valence electrons. The second-order valence-corrected chi connectivity index (χ2v) is 2.67. The van der Waals surface area contributed by atoms with E-state index in [2.05, 4.69) is 0 Å². The molecule has 0 fully saturated rings. The molecule has 0 aliphatic carbocycles. The Morgan fingerprint density at radius 1 is 1.17 bits per heavy atom. The molecule has 0 aliphatic heterocycles. The minimum atomic E-state index is -1.05. The van der Waals surface area contributed by atoms with E-state index < -0.39 is 11.6 Å². The van der Waals surface area contributed by atoms with Crippen LogP contribution in [0.1, 0.15) is 21.5 Å². The molecule has 0 N–H and O–H groups in total. The molecule has 12 heavy (non-hydrogen) atoms. The SMILES string of the molecule is Cc1cc(C)c(C=O)c(F)c1F. The lowest BCUT2D eigenvalue weighted by Crippen LogP contribution is -1.99. The van der Waals surface area contributed by atoms with E-state index in [9.17, 15) is 13.6 Å². The molecule has 0 atom stereocenters. The van der Waals surface area contributed by atoms with E-state index in [1.54, 1.807) is 6.92 Å². The summed E-state index contributed by atoms with van der Waals surface area (Å²) in [6, 6.07) is 1.45. The molecule has 0 unspecified atom stereocenters. The van der Waals surface area contributed by atoms with Crippen LogP contribution in [0.3, 0.4) is 0 Å². The Hall–Kier alpha value is -1.25. The monoisotopic (exact) mass is 170 g/mol. The average Bonchev–Trinajstić information content (AvgIpc) is 2.01. The quantitative estimate of drug-likeness (QED) is 0.591. The van der Waals surface area contributed by atoms with Crippen molar-refractivity contribution in [3.8, 4) is 0 Å². The maximum atomic E-state index is 12.9. The number of carbonyl (C=O) groups excluding carboxylic acids is 1. The third-order valence-electron chi connectivity index (χ3n) is 1.75. The van der Waals surface area contributed by atoms with Crippen LogP contribution in [0.25, 0.3) is 0 Å². The fraction of sp³-hybridized carbons (Fsp3) is 0.222. The molecule has 0 spiro atoms. The van der Waals surface area contributed by atoms with Gasteiger partial charge in [0.1, 0.15) is 0 Å². The van der Waals surface area contributed by atoms with Gasteiger partial charge in [-0.3, -0.25) is 4.79 Å². The first-order valence-electron chi connectivity index (χ1n) is 3.48. The van der Waals surface area contributed by atoms with Crippen LogP contribution in [0.5, 0.6) is 0 Å². The van der Waals surface area contributed by atoms with Crippen LogP contribution in [0.2, 0.25) is 0 Å². The van der Waals surface area contributed by atoms with Crippen LogP contribution < -0.4 is 0 Å². The smallest absolute Gasteiger partial charge is 0.169 e. The minimum Gasteiger partial charge on any atom is -0.298 e. The Kier molecular flexibility index (Phi) is 2.22. The first kappa shape index (κ1) is 8.84. The van der Waals surface area contributed by atoms with E-state index in [0.29, 0.717) is 11.8 Å². The fourth-order valence-corrected chi connectivity index (χ4v) is 1.08. The van der Waals surface area contributed by atoms with Gasteiger partial charge < -0.3 is 0 Å². The zero-order valence-corrected chi connectivity index (χ0v) is 6.82. The van der Waals surface area contributed by atoms with Crippen molar-refractivity contribution in [3.05, 3.63) is 34.4 Å². The maximum Gasteiger partial charge on any atom is 0.169 e. The van der Waals surface area contributed by atoms with E-state index in [1.165, 1.54) is 13.0 Å². The molecule has 0 bridgehead atoms. The summed E-state index contributed by atoms with van der Waals surface area (Å²) in [5.41, 5.74) is 0.482. The molecule has 0 aliphatic rings. The molecule has 0 saturated heterocycles. The molecular formula is C9H8F2O. The zero-order valence-electron chi connectivity index (χ0n) is 6.82. The van der Waals surface area contributed by atoms with E-state index >= 15 is 0 Å². The van der Waals surface area contributed by atoms with Gasteiger partial charge in [0.15, 0.2) is 17.9 Å². The van der Waals surface area contributed by atoms with Crippen molar-refractivity contribution >= 4 is 6.29 Å². The Balaban J connectivity index is 3.51.